The molecular weight excluding hydrogens is 209 g/mol. The number of alkyl halides is 3. The zero-order chi connectivity index (χ0) is 11.6. The first-order valence-corrected chi connectivity index (χ1v) is 5.05. The molecule has 1 aliphatic rings. The largest absolute Gasteiger partial charge is 0.415 e. The predicted molar refractivity (Wildman–Crippen MR) is 50.3 cm³/mol. The van der Waals surface area contributed by atoms with Gasteiger partial charge in [-0.05, 0) is 19.8 Å². The fraction of sp³-hybridized carbons (Fsp3) is 1.00. The number of hydrogen-bond acceptors (Lipinski definition) is 3. The number of β-amino-alcohol motifs (C(OH)–C–C–N with tert-alkyl or cyclic N) is 1. The molecule has 3 N–H and O–H groups in total. The molecule has 3 atom stereocenters. The van der Waals surface area contributed by atoms with E-state index in [1.165, 1.54) is 0 Å². The lowest BCUT2D eigenvalue weighted by atomic mass is 9.99. The molecular formula is C9H17F3N2O. The fourth-order valence-corrected chi connectivity index (χ4v) is 1.85. The Hall–Kier alpha value is -0.330. The topological polar surface area (TPSA) is 49.5 Å². The van der Waals surface area contributed by atoms with E-state index >= 15 is 0 Å². The molecule has 0 radical (unpaired) electrons. The van der Waals surface area contributed by atoms with Crippen LogP contribution in [0.5, 0.6) is 0 Å². The summed E-state index contributed by atoms with van der Waals surface area (Å²) in [5, 5.41) is 8.92. The average Bonchev–Trinajstić information content (AvgIpc) is 2.08. The molecule has 90 valence electrons. The van der Waals surface area contributed by atoms with Crippen LogP contribution in [-0.4, -0.2) is 47.5 Å². The zero-order valence-corrected chi connectivity index (χ0v) is 8.67. The van der Waals surface area contributed by atoms with Crippen molar-refractivity contribution in [1.82, 2.24) is 4.90 Å². The highest BCUT2D eigenvalue weighted by atomic mass is 19.4. The molecule has 1 aliphatic heterocycles. The van der Waals surface area contributed by atoms with Crippen LogP contribution in [0.4, 0.5) is 13.2 Å². The maximum absolute atomic E-state index is 12.1. The van der Waals surface area contributed by atoms with Gasteiger partial charge in [0.1, 0.15) is 0 Å². The van der Waals surface area contributed by atoms with Crippen molar-refractivity contribution in [2.45, 2.75) is 44.1 Å². The summed E-state index contributed by atoms with van der Waals surface area (Å²) in [5.41, 5.74) is 5.69. The lowest BCUT2D eigenvalue weighted by Gasteiger charge is -2.37. The molecule has 1 heterocycles. The van der Waals surface area contributed by atoms with Crippen molar-refractivity contribution in [3.05, 3.63) is 0 Å². The first-order chi connectivity index (χ1) is 6.80. The first-order valence-electron chi connectivity index (χ1n) is 5.05. The third kappa shape index (κ3) is 3.62. The molecule has 0 saturated carbocycles. The quantitative estimate of drug-likeness (QED) is 0.729. The zero-order valence-electron chi connectivity index (χ0n) is 8.67. The van der Waals surface area contributed by atoms with Crippen molar-refractivity contribution < 1.29 is 18.3 Å². The molecule has 3 nitrogen and oxygen atoms in total. The molecule has 0 aromatic rings. The molecule has 0 aromatic heterocycles. The van der Waals surface area contributed by atoms with Gasteiger partial charge in [0.05, 0.1) is 0 Å². The molecule has 0 spiro atoms. The summed E-state index contributed by atoms with van der Waals surface area (Å²) in [7, 11) is 0. The summed E-state index contributed by atoms with van der Waals surface area (Å²) in [6.45, 7) is 2.01. The molecule has 0 aliphatic carbocycles. The first kappa shape index (κ1) is 12.7. The Morgan fingerprint density at radius 3 is 2.60 bits per heavy atom. The minimum atomic E-state index is -4.53. The minimum Gasteiger partial charge on any atom is -0.382 e. The summed E-state index contributed by atoms with van der Waals surface area (Å²) in [5.74, 6) is 0. The standard InChI is InChI=1S/C9H17F3N2O/c1-6-4-7(13)2-3-14(6)5-8(15)9(10,11)12/h6-8,15H,2-5,13H2,1H3. The van der Waals surface area contributed by atoms with Crippen LogP contribution in [0.1, 0.15) is 19.8 Å². The van der Waals surface area contributed by atoms with Gasteiger partial charge < -0.3 is 10.8 Å². The van der Waals surface area contributed by atoms with E-state index in [4.69, 9.17) is 10.8 Å². The number of piperidine rings is 1. The van der Waals surface area contributed by atoms with Crippen LogP contribution in [0, 0.1) is 0 Å². The predicted octanol–water partition coefficient (Wildman–Crippen LogP) is 0.721. The summed E-state index contributed by atoms with van der Waals surface area (Å²) >= 11 is 0. The fourth-order valence-electron chi connectivity index (χ4n) is 1.85. The van der Waals surface area contributed by atoms with Gasteiger partial charge in [-0.3, -0.25) is 4.90 Å². The number of aliphatic hydroxyl groups excluding tert-OH is 1. The number of aliphatic hydroxyl groups is 1. The van der Waals surface area contributed by atoms with Gasteiger partial charge in [-0.25, -0.2) is 0 Å². The van der Waals surface area contributed by atoms with Crippen LogP contribution in [0.25, 0.3) is 0 Å². The van der Waals surface area contributed by atoms with Gasteiger partial charge in [0.25, 0.3) is 0 Å². The molecule has 6 heteroatoms. The Balaban J connectivity index is 2.45. The molecule has 0 bridgehead atoms. The SMILES string of the molecule is CC1CC(N)CCN1CC(O)C(F)(F)F. The number of halogens is 3. The Morgan fingerprint density at radius 2 is 2.13 bits per heavy atom. The molecule has 1 saturated heterocycles. The molecule has 0 amide bonds. The van der Waals surface area contributed by atoms with Crippen LogP contribution in [-0.2, 0) is 0 Å². The molecule has 0 aromatic carbocycles. The number of rotatable bonds is 2. The highest BCUT2D eigenvalue weighted by Gasteiger charge is 2.40. The second-order valence-electron chi connectivity index (χ2n) is 4.19. The number of nitrogens with two attached hydrogens (primary N) is 1. The maximum Gasteiger partial charge on any atom is 0.415 e. The van der Waals surface area contributed by atoms with Gasteiger partial charge in [0.15, 0.2) is 6.10 Å². The highest BCUT2D eigenvalue weighted by molar-refractivity contribution is 4.83. The van der Waals surface area contributed by atoms with E-state index in [1.807, 2.05) is 6.92 Å². The Bertz CT molecular complexity index is 210. The van der Waals surface area contributed by atoms with Gasteiger partial charge in [-0.1, -0.05) is 0 Å². The van der Waals surface area contributed by atoms with Gasteiger partial charge in [0, 0.05) is 25.2 Å². The van der Waals surface area contributed by atoms with Gasteiger partial charge in [-0.2, -0.15) is 13.2 Å². The summed E-state index contributed by atoms with van der Waals surface area (Å²) in [6.07, 6.45) is -5.41. The normalized spacial score (nSPS) is 31.6. The van der Waals surface area contributed by atoms with Crippen molar-refractivity contribution >= 4 is 0 Å². The Labute approximate surface area is 87.0 Å². The lowest BCUT2D eigenvalue weighted by molar-refractivity contribution is -0.210. The van der Waals surface area contributed by atoms with Gasteiger partial charge >= 0.3 is 6.18 Å². The van der Waals surface area contributed by atoms with Crippen LogP contribution in [0.3, 0.4) is 0 Å². The van der Waals surface area contributed by atoms with E-state index in [-0.39, 0.29) is 18.6 Å². The maximum atomic E-state index is 12.1. The van der Waals surface area contributed by atoms with Crippen molar-refractivity contribution in [2.75, 3.05) is 13.1 Å². The smallest absolute Gasteiger partial charge is 0.382 e. The van der Waals surface area contributed by atoms with E-state index < -0.39 is 12.3 Å². The van der Waals surface area contributed by atoms with Crippen molar-refractivity contribution in [1.29, 1.82) is 0 Å². The van der Waals surface area contributed by atoms with E-state index in [9.17, 15) is 13.2 Å². The second-order valence-corrected chi connectivity index (χ2v) is 4.19. The summed E-state index contributed by atoms with van der Waals surface area (Å²) < 4.78 is 36.3. The third-order valence-corrected chi connectivity index (χ3v) is 2.84. The van der Waals surface area contributed by atoms with Crippen molar-refractivity contribution in [3.8, 4) is 0 Å². The van der Waals surface area contributed by atoms with E-state index in [2.05, 4.69) is 0 Å². The monoisotopic (exact) mass is 226 g/mol. The Kier molecular flexibility index (Phi) is 3.97. The second kappa shape index (κ2) is 4.67. The Morgan fingerprint density at radius 1 is 1.53 bits per heavy atom. The summed E-state index contributed by atoms with van der Waals surface area (Å²) in [6, 6.07) is 0.0741. The highest BCUT2D eigenvalue weighted by Crippen LogP contribution is 2.23. The molecule has 1 fully saturated rings. The van der Waals surface area contributed by atoms with Gasteiger partial charge in [-0.15, -0.1) is 0 Å². The van der Waals surface area contributed by atoms with Crippen LogP contribution < -0.4 is 5.73 Å². The van der Waals surface area contributed by atoms with E-state index in [1.54, 1.807) is 4.90 Å². The van der Waals surface area contributed by atoms with Gasteiger partial charge in [0.2, 0.25) is 0 Å². The molecule has 3 unspecified atom stereocenters. The van der Waals surface area contributed by atoms with Crippen molar-refractivity contribution in [3.63, 3.8) is 0 Å². The van der Waals surface area contributed by atoms with Crippen molar-refractivity contribution in [2.24, 2.45) is 5.73 Å². The average molecular weight is 226 g/mol. The number of hydrogen-bond donors (Lipinski definition) is 2. The molecule has 1 rings (SSSR count). The van der Waals surface area contributed by atoms with E-state index in [0.717, 1.165) is 0 Å². The molecule has 15 heavy (non-hydrogen) atoms. The number of likely N-dealkylation sites (tertiary alicyclic amines) is 1. The van der Waals surface area contributed by atoms with Crippen LogP contribution >= 0.6 is 0 Å². The number of nitrogens with zero attached hydrogens (tertiary/aromatic N) is 1. The minimum absolute atomic E-state index is 0.00532. The van der Waals surface area contributed by atoms with Crippen LogP contribution in [0.15, 0.2) is 0 Å². The lowest BCUT2D eigenvalue weighted by Crippen LogP contribution is -2.50. The summed E-state index contributed by atoms with van der Waals surface area (Å²) in [4.78, 5) is 1.64. The third-order valence-electron chi connectivity index (χ3n) is 2.84. The van der Waals surface area contributed by atoms with Crippen LogP contribution in [0.2, 0.25) is 0 Å². The van der Waals surface area contributed by atoms with E-state index in [0.29, 0.717) is 19.4 Å².